The van der Waals surface area contributed by atoms with Crippen LogP contribution in [0.1, 0.15) is 16.1 Å². The van der Waals surface area contributed by atoms with Crippen molar-refractivity contribution in [3.63, 3.8) is 0 Å². The van der Waals surface area contributed by atoms with Crippen LogP contribution in [0.3, 0.4) is 0 Å². The summed E-state index contributed by atoms with van der Waals surface area (Å²) < 4.78 is 5.57. The fraction of sp³-hybridized carbons (Fsp3) is 0.0769. The molecule has 0 saturated heterocycles. The highest BCUT2D eigenvalue weighted by atomic mass is 16.5. The highest BCUT2D eigenvalue weighted by Crippen LogP contribution is 2.30. The number of aromatic nitrogens is 1. The minimum Gasteiger partial charge on any atom is -0.453 e. The Morgan fingerprint density at radius 3 is 2.67 bits per heavy atom. The van der Waals surface area contributed by atoms with Crippen LogP contribution >= 0.6 is 0 Å². The second-order valence-electron chi connectivity index (χ2n) is 3.83. The molecule has 0 aliphatic rings. The number of nitrogens with two attached hydrogens (primary N) is 2. The molecule has 1 aromatic carbocycles. The fourth-order valence-electron chi connectivity index (χ4n) is 1.50. The number of carbonyl (C=O) groups is 1. The van der Waals surface area contributed by atoms with E-state index in [0.717, 1.165) is 5.69 Å². The molecule has 0 unspecified atom stereocenters. The average molecular weight is 243 g/mol. The Labute approximate surface area is 104 Å². The van der Waals surface area contributed by atoms with Gasteiger partial charge in [0.15, 0.2) is 5.75 Å². The van der Waals surface area contributed by atoms with E-state index in [2.05, 4.69) is 4.98 Å². The van der Waals surface area contributed by atoms with E-state index >= 15 is 0 Å². The molecule has 5 heteroatoms. The van der Waals surface area contributed by atoms with Crippen molar-refractivity contribution in [1.82, 2.24) is 4.98 Å². The molecular weight excluding hydrogens is 230 g/mol. The van der Waals surface area contributed by atoms with E-state index in [4.69, 9.17) is 16.2 Å². The summed E-state index contributed by atoms with van der Waals surface area (Å²) in [5, 5.41) is 0. The summed E-state index contributed by atoms with van der Waals surface area (Å²) >= 11 is 0. The summed E-state index contributed by atoms with van der Waals surface area (Å²) in [5.74, 6) is 0.175. The number of rotatable bonds is 3. The van der Waals surface area contributed by atoms with E-state index in [1.165, 1.54) is 0 Å². The number of amides is 1. The summed E-state index contributed by atoms with van der Waals surface area (Å²) in [7, 11) is 0. The third-order valence-corrected chi connectivity index (χ3v) is 2.42. The minimum atomic E-state index is -0.586. The van der Waals surface area contributed by atoms with E-state index in [-0.39, 0.29) is 11.3 Å². The van der Waals surface area contributed by atoms with Crippen molar-refractivity contribution in [3.05, 3.63) is 47.8 Å². The molecule has 92 valence electrons. The van der Waals surface area contributed by atoms with Crippen LogP contribution < -0.4 is 16.2 Å². The SMILES string of the molecule is Cc1ccc(Oc2c(N)cccc2C(N)=O)cn1. The molecule has 0 atom stereocenters. The molecule has 5 nitrogen and oxygen atoms in total. The number of nitrogen functional groups attached to an aromatic ring is 1. The number of primary amides is 1. The Bertz CT molecular complexity index is 579. The van der Waals surface area contributed by atoms with Crippen LogP contribution in [0.25, 0.3) is 0 Å². The molecule has 0 bridgehead atoms. The first kappa shape index (κ1) is 11.9. The number of benzene rings is 1. The van der Waals surface area contributed by atoms with Gasteiger partial charge in [-0.05, 0) is 31.2 Å². The molecule has 18 heavy (non-hydrogen) atoms. The molecule has 1 aromatic heterocycles. The summed E-state index contributed by atoms with van der Waals surface area (Å²) in [6.07, 6.45) is 1.56. The van der Waals surface area contributed by atoms with E-state index in [0.29, 0.717) is 11.4 Å². The minimum absolute atomic E-state index is 0.246. The second kappa shape index (κ2) is 4.75. The first-order valence-electron chi connectivity index (χ1n) is 5.36. The van der Waals surface area contributed by atoms with Crippen LogP contribution in [-0.4, -0.2) is 10.9 Å². The van der Waals surface area contributed by atoms with Crippen LogP contribution in [-0.2, 0) is 0 Å². The first-order chi connectivity index (χ1) is 8.58. The van der Waals surface area contributed by atoms with Gasteiger partial charge < -0.3 is 16.2 Å². The summed E-state index contributed by atoms with van der Waals surface area (Å²) in [6, 6.07) is 8.41. The van der Waals surface area contributed by atoms with Gasteiger partial charge in [-0.1, -0.05) is 6.07 Å². The Hall–Kier alpha value is -2.56. The van der Waals surface area contributed by atoms with Gasteiger partial charge in [-0.15, -0.1) is 0 Å². The third-order valence-electron chi connectivity index (χ3n) is 2.42. The maximum Gasteiger partial charge on any atom is 0.252 e. The lowest BCUT2D eigenvalue weighted by Crippen LogP contribution is -2.13. The molecule has 0 aliphatic carbocycles. The molecule has 0 saturated carbocycles. The molecule has 1 heterocycles. The number of nitrogens with zero attached hydrogens (tertiary/aromatic N) is 1. The Morgan fingerprint density at radius 1 is 1.28 bits per heavy atom. The zero-order valence-corrected chi connectivity index (χ0v) is 9.88. The normalized spacial score (nSPS) is 10.1. The predicted octanol–water partition coefficient (Wildman–Crippen LogP) is 1.86. The van der Waals surface area contributed by atoms with Crippen LogP contribution in [0.15, 0.2) is 36.5 Å². The van der Waals surface area contributed by atoms with Gasteiger partial charge in [-0.25, -0.2) is 0 Å². The maximum absolute atomic E-state index is 11.3. The van der Waals surface area contributed by atoms with Crippen molar-refractivity contribution < 1.29 is 9.53 Å². The van der Waals surface area contributed by atoms with Crippen molar-refractivity contribution >= 4 is 11.6 Å². The first-order valence-corrected chi connectivity index (χ1v) is 5.36. The topological polar surface area (TPSA) is 91.2 Å². The zero-order valence-electron chi connectivity index (χ0n) is 9.88. The highest BCUT2D eigenvalue weighted by Gasteiger charge is 2.13. The quantitative estimate of drug-likeness (QED) is 0.805. The molecule has 2 aromatic rings. The lowest BCUT2D eigenvalue weighted by molar-refractivity contribution is 0.0998. The zero-order chi connectivity index (χ0) is 13.1. The Kier molecular flexibility index (Phi) is 3.14. The molecule has 0 radical (unpaired) electrons. The van der Waals surface area contributed by atoms with Gasteiger partial charge in [0.05, 0.1) is 17.4 Å². The largest absolute Gasteiger partial charge is 0.453 e. The van der Waals surface area contributed by atoms with Crippen molar-refractivity contribution in [3.8, 4) is 11.5 Å². The Morgan fingerprint density at radius 2 is 2.06 bits per heavy atom. The summed E-state index contributed by atoms with van der Waals surface area (Å²) in [5.41, 5.74) is 12.5. The molecule has 0 aliphatic heterocycles. The molecule has 4 N–H and O–H groups in total. The summed E-state index contributed by atoms with van der Waals surface area (Å²) in [4.78, 5) is 15.4. The standard InChI is InChI=1S/C13H13N3O2/c1-8-5-6-9(7-16-8)18-12-10(13(15)17)3-2-4-11(12)14/h2-7H,14H2,1H3,(H2,15,17). The Balaban J connectivity index is 2.39. The van der Waals surface area contributed by atoms with E-state index in [1.807, 2.05) is 6.92 Å². The highest BCUT2D eigenvalue weighted by molar-refractivity contribution is 5.97. The molecule has 0 fully saturated rings. The monoisotopic (exact) mass is 243 g/mol. The van der Waals surface area contributed by atoms with Crippen LogP contribution in [0.4, 0.5) is 5.69 Å². The van der Waals surface area contributed by atoms with Gasteiger partial charge in [-0.2, -0.15) is 0 Å². The van der Waals surface area contributed by atoms with Gasteiger partial charge in [0.1, 0.15) is 5.75 Å². The molecule has 1 amide bonds. The number of pyridine rings is 1. The predicted molar refractivity (Wildman–Crippen MR) is 68.4 cm³/mol. The van der Waals surface area contributed by atoms with E-state index in [9.17, 15) is 4.79 Å². The van der Waals surface area contributed by atoms with Gasteiger partial charge in [0, 0.05) is 5.69 Å². The molecule has 0 spiro atoms. The van der Waals surface area contributed by atoms with Gasteiger partial charge >= 0.3 is 0 Å². The average Bonchev–Trinajstić information content (AvgIpc) is 2.34. The van der Waals surface area contributed by atoms with Crippen molar-refractivity contribution in [1.29, 1.82) is 0 Å². The number of anilines is 1. The van der Waals surface area contributed by atoms with E-state index < -0.39 is 5.91 Å². The van der Waals surface area contributed by atoms with Crippen molar-refractivity contribution in [2.45, 2.75) is 6.92 Å². The number of aryl methyl sites for hydroxylation is 1. The van der Waals surface area contributed by atoms with Crippen LogP contribution in [0.2, 0.25) is 0 Å². The number of para-hydroxylation sites is 1. The molecular formula is C13H13N3O2. The lowest BCUT2D eigenvalue weighted by Gasteiger charge is -2.11. The lowest BCUT2D eigenvalue weighted by atomic mass is 10.1. The number of carbonyl (C=O) groups excluding carboxylic acids is 1. The van der Waals surface area contributed by atoms with Crippen molar-refractivity contribution in [2.75, 3.05) is 5.73 Å². The van der Waals surface area contributed by atoms with Crippen LogP contribution in [0.5, 0.6) is 11.5 Å². The van der Waals surface area contributed by atoms with Crippen molar-refractivity contribution in [2.24, 2.45) is 5.73 Å². The number of hydrogen-bond donors (Lipinski definition) is 2. The number of ether oxygens (including phenoxy) is 1. The smallest absolute Gasteiger partial charge is 0.252 e. The third kappa shape index (κ3) is 2.40. The second-order valence-corrected chi connectivity index (χ2v) is 3.83. The van der Waals surface area contributed by atoms with Gasteiger partial charge in [-0.3, -0.25) is 9.78 Å². The van der Waals surface area contributed by atoms with Gasteiger partial charge in [0.2, 0.25) is 0 Å². The van der Waals surface area contributed by atoms with Crippen LogP contribution in [0, 0.1) is 6.92 Å². The van der Waals surface area contributed by atoms with Gasteiger partial charge in [0.25, 0.3) is 5.91 Å². The summed E-state index contributed by atoms with van der Waals surface area (Å²) in [6.45, 7) is 1.87. The fourth-order valence-corrected chi connectivity index (χ4v) is 1.50. The maximum atomic E-state index is 11.3. The molecule has 2 rings (SSSR count). The number of hydrogen-bond acceptors (Lipinski definition) is 4. The van der Waals surface area contributed by atoms with E-state index in [1.54, 1.807) is 36.5 Å².